The lowest BCUT2D eigenvalue weighted by molar-refractivity contribution is -0.122. The van der Waals surface area contributed by atoms with Crippen molar-refractivity contribution in [2.45, 2.75) is 39.5 Å². The molecular formula is C20H31N5O3S. The van der Waals surface area contributed by atoms with Gasteiger partial charge in [0.15, 0.2) is 0 Å². The zero-order chi connectivity index (χ0) is 20.8. The van der Waals surface area contributed by atoms with Gasteiger partial charge in [0.2, 0.25) is 5.91 Å². The molecule has 29 heavy (non-hydrogen) atoms. The van der Waals surface area contributed by atoms with Crippen molar-refractivity contribution in [2.24, 2.45) is 5.92 Å². The predicted octanol–water partition coefficient (Wildman–Crippen LogP) is 1.37. The van der Waals surface area contributed by atoms with E-state index in [9.17, 15) is 14.4 Å². The molecule has 1 aromatic heterocycles. The summed E-state index contributed by atoms with van der Waals surface area (Å²) in [4.78, 5) is 42.2. The molecule has 160 valence electrons. The van der Waals surface area contributed by atoms with Crippen LogP contribution in [0.2, 0.25) is 0 Å². The molecule has 0 aromatic carbocycles. The van der Waals surface area contributed by atoms with Crippen molar-refractivity contribution in [2.75, 3.05) is 39.3 Å². The van der Waals surface area contributed by atoms with Crippen molar-refractivity contribution in [3.8, 4) is 0 Å². The highest BCUT2D eigenvalue weighted by molar-refractivity contribution is 7.14. The molecule has 8 nitrogen and oxygen atoms in total. The fourth-order valence-electron chi connectivity index (χ4n) is 3.70. The minimum atomic E-state index is -0.316. The minimum Gasteiger partial charge on any atom is -0.355 e. The molecule has 1 aliphatic carbocycles. The third-order valence-electron chi connectivity index (χ3n) is 5.43. The average Bonchev–Trinajstić information content (AvgIpc) is 3.14. The quantitative estimate of drug-likeness (QED) is 0.626. The van der Waals surface area contributed by atoms with Gasteiger partial charge in [-0.2, -0.15) is 0 Å². The number of urea groups is 1. The molecule has 0 saturated carbocycles. The number of aryl methyl sites for hydroxylation is 1. The Morgan fingerprint density at radius 3 is 2.66 bits per heavy atom. The van der Waals surface area contributed by atoms with Gasteiger partial charge in [-0.1, -0.05) is 13.8 Å². The van der Waals surface area contributed by atoms with Gasteiger partial charge < -0.3 is 10.2 Å². The Morgan fingerprint density at radius 1 is 1.17 bits per heavy atom. The fraction of sp³-hybridized carbons (Fsp3) is 0.650. The topological polar surface area (TPSA) is 93.8 Å². The number of hydrazine groups is 1. The molecule has 3 rings (SSSR count). The van der Waals surface area contributed by atoms with Crippen LogP contribution in [0.25, 0.3) is 0 Å². The molecule has 0 bridgehead atoms. The van der Waals surface area contributed by atoms with Gasteiger partial charge in [0, 0.05) is 37.6 Å². The highest BCUT2D eigenvalue weighted by atomic mass is 32.1. The van der Waals surface area contributed by atoms with E-state index < -0.39 is 0 Å². The Balaban J connectivity index is 1.40. The SMILES string of the molecule is CCCNC(=O)CN1CCN(C(=O)NNC(=O)c2cc3c(s2)CC[C@H](C)C3)CC1. The van der Waals surface area contributed by atoms with E-state index in [-0.39, 0.29) is 17.8 Å². The minimum absolute atomic E-state index is 0.0186. The van der Waals surface area contributed by atoms with E-state index in [1.807, 2.05) is 17.9 Å². The van der Waals surface area contributed by atoms with Crippen LogP contribution in [-0.2, 0) is 17.6 Å². The summed E-state index contributed by atoms with van der Waals surface area (Å²) in [5.41, 5.74) is 6.32. The van der Waals surface area contributed by atoms with Crippen LogP contribution >= 0.6 is 11.3 Å². The zero-order valence-electron chi connectivity index (χ0n) is 17.3. The number of piperazine rings is 1. The highest BCUT2D eigenvalue weighted by Crippen LogP contribution is 2.32. The number of amides is 4. The van der Waals surface area contributed by atoms with Gasteiger partial charge in [0.1, 0.15) is 0 Å². The van der Waals surface area contributed by atoms with E-state index in [0.29, 0.717) is 50.1 Å². The molecule has 9 heteroatoms. The average molecular weight is 422 g/mol. The Hall–Kier alpha value is -2.13. The number of hydrogen-bond acceptors (Lipinski definition) is 5. The van der Waals surface area contributed by atoms with Crippen LogP contribution < -0.4 is 16.2 Å². The standard InChI is InChI=1S/C20H31N5O3S/c1-3-6-21-18(26)13-24-7-9-25(10-8-24)20(28)23-22-19(27)17-12-15-11-14(2)4-5-16(15)29-17/h12,14H,3-11,13H2,1-2H3,(H,21,26)(H,22,27)(H,23,28)/t14-/m0/s1. The van der Waals surface area contributed by atoms with Crippen LogP contribution in [0.1, 0.15) is 46.8 Å². The number of thiophene rings is 1. The number of fused-ring (bicyclic) bond motifs is 1. The number of hydrogen-bond donors (Lipinski definition) is 3. The van der Waals surface area contributed by atoms with Crippen LogP contribution in [0.5, 0.6) is 0 Å². The maximum absolute atomic E-state index is 12.4. The summed E-state index contributed by atoms with van der Waals surface area (Å²) < 4.78 is 0. The molecule has 0 unspecified atom stereocenters. The summed E-state index contributed by atoms with van der Waals surface area (Å²) in [6.45, 7) is 7.61. The smallest absolute Gasteiger partial charge is 0.336 e. The van der Waals surface area contributed by atoms with Gasteiger partial charge in [-0.05, 0) is 43.2 Å². The summed E-state index contributed by atoms with van der Waals surface area (Å²) in [7, 11) is 0. The molecule has 1 saturated heterocycles. The van der Waals surface area contributed by atoms with Crippen LogP contribution in [0.15, 0.2) is 6.07 Å². The van der Waals surface area contributed by atoms with Gasteiger partial charge in [-0.15, -0.1) is 11.3 Å². The number of nitrogens with zero attached hydrogens (tertiary/aromatic N) is 2. The summed E-state index contributed by atoms with van der Waals surface area (Å²) >= 11 is 1.52. The zero-order valence-corrected chi connectivity index (χ0v) is 18.1. The van der Waals surface area contributed by atoms with Gasteiger partial charge in [-0.3, -0.25) is 19.9 Å². The van der Waals surface area contributed by atoms with Crippen molar-refractivity contribution >= 4 is 29.2 Å². The maximum Gasteiger partial charge on any atom is 0.336 e. The van der Waals surface area contributed by atoms with Gasteiger partial charge >= 0.3 is 6.03 Å². The third-order valence-corrected chi connectivity index (χ3v) is 6.67. The van der Waals surface area contributed by atoms with Crippen LogP contribution in [0.3, 0.4) is 0 Å². The van der Waals surface area contributed by atoms with E-state index in [4.69, 9.17) is 0 Å². The molecular weight excluding hydrogens is 390 g/mol. The lowest BCUT2D eigenvalue weighted by atomic mass is 9.90. The van der Waals surface area contributed by atoms with Gasteiger partial charge in [0.05, 0.1) is 11.4 Å². The third kappa shape index (κ3) is 5.93. The number of carbonyl (C=O) groups is 3. The summed E-state index contributed by atoms with van der Waals surface area (Å²) in [5, 5.41) is 2.86. The first-order chi connectivity index (χ1) is 14.0. The van der Waals surface area contributed by atoms with E-state index in [2.05, 4.69) is 23.1 Å². The second kappa shape index (κ2) is 10.1. The summed E-state index contributed by atoms with van der Waals surface area (Å²) in [5.74, 6) is 0.408. The van der Waals surface area contributed by atoms with Crippen molar-refractivity contribution < 1.29 is 14.4 Å². The second-order valence-corrected chi connectivity index (χ2v) is 9.04. The summed E-state index contributed by atoms with van der Waals surface area (Å²) in [6, 6.07) is 1.64. The Kier molecular flexibility index (Phi) is 7.49. The van der Waals surface area contributed by atoms with Gasteiger partial charge in [0.25, 0.3) is 5.91 Å². The first-order valence-electron chi connectivity index (χ1n) is 10.4. The Labute approximate surface area is 176 Å². The van der Waals surface area contributed by atoms with Crippen LogP contribution in [-0.4, -0.2) is 66.9 Å². The molecule has 1 fully saturated rings. The summed E-state index contributed by atoms with van der Waals surface area (Å²) in [6.07, 6.45) is 4.13. The molecule has 2 aliphatic rings. The largest absolute Gasteiger partial charge is 0.355 e. The van der Waals surface area contributed by atoms with Crippen molar-refractivity contribution in [3.63, 3.8) is 0 Å². The Bertz CT molecular complexity index is 742. The molecule has 1 aliphatic heterocycles. The molecule has 3 N–H and O–H groups in total. The first-order valence-corrected chi connectivity index (χ1v) is 11.2. The van der Waals surface area contributed by atoms with Crippen molar-refractivity contribution in [3.05, 3.63) is 21.4 Å². The molecule has 0 spiro atoms. The predicted molar refractivity (Wildman–Crippen MR) is 113 cm³/mol. The van der Waals surface area contributed by atoms with Crippen LogP contribution in [0, 0.1) is 5.92 Å². The number of carbonyl (C=O) groups excluding carboxylic acids is 3. The van der Waals surface area contributed by atoms with Crippen LogP contribution in [0.4, 0.5) is 4.79 Å². The lowest BCUT2D eigenvalue weighted by Crippen LogP contribution is -2.56. The molecule has 0 radical (unpaired) electrons. The van der Waals surface area contributed by atoms with Gasteiger partial charge in [-0.25, -0.2) is 10.2 Å². The van der Waals surface area contributed by atoms with Crippen molar-refractivity contribution in [1.29, 1.82) is 0 Å². The molecule has 4 amide bonds. The first kappa shape index (κ1) is 21.6. The van der Waals surface area contributed by atoms with E-state index in [1.54, 1.807) is 4.90 Å². The number of nitrogens with one attached hydrogen (secondary N) is 3. The molecule has 2 heterocycles. The molecule has 1 atom stereocenters. The molecule has 1 aromatic rings. The second-order valence-electron chi connectivity index (χ2n) is 7.90. The monoisotopic (exact) mass is 421 g/mol. The number of rotatable bonds is 5. The van der Waals surface area contributed by atoms with E-state index >= 15 is 0 Å². The van der Waals surface area contributed by atoms with E-state index in [1.165, 1.54) is 21.8 Å². The fourth-order valence-corrected chi connectivity index (χ4v) is 4.80. The maximum atomic E-state index is 12.4. The van der Waals surface area contributed by atoms with Crippen molar-refractivity contribution in [1.82, 2.24) is 26.0 Å². The lowest BCUT2D eigenvalue weighted by Gasteiger charge is -2.34. The van der Waals surface area contributed by atoms with E-state index in [0.717, 1.165) is 25.7 Å². The highest BCUT2D eigenvalue weighted by Gasteiger charge is 2.24. The Morgan fingerprint density at radius 2 is 1.93 bits per heavy atom. The normalized spacial score (nSPS) is 19.4.